The molecule has 5 heteroatoms. The molecule has 5 nitrogen and oxygen atoms in total. The maximum atomic E-state index is 11.9. The van der Waals surface area contributed by atoms with E-state index < -0.39 is 0 Å². The molecule has 1 aromatic heterocycles. The molecule has 0 aliphatic carbocycles. The van der Waals surface area contributed by atoms with E-state index in [1.807, 2.05) is 14.0 Å². The number of carbonyl (C=O) groups excluding carboxylic acids is 1. The molecule has 2 rings (SSSR count). The lowest BCUT2D eigenvalue weighted by Gasteiger charge is -2.05. The summed E-state index contributed by atoms with van der Waals surface area (Å²) < 4.78 is 1.78. The average molecular weight is 244 g/mol. The fourth-order valence-electron chi connectivity index (χ4n) is 1.68. The predicted octanol–water partition coefficient (Wildman–Crippen LogP) is 1.24. The third-order valence-corrected chi connectivity index (χ3v) is 2.93. The Balaban J connectivity index is 2.03. The molecule has 0 aliphatic heterocycles. The van der Waals surface area contributed by atoms with Gasteiger partial charge in [0, 0.05) is 36.1 Å². The summed E-state index contributed by atoms with van der Waals surface area (Å²) in [7, 11) is 1.87. The molecule has 18 heavy (non-hydrogen) atoms. The van der Waals surface area contributed by atoms with Crippen LogP contribution in [-0.4, -0.2) is 15.7 Å². The second-order valence-corrected chi connectivity index (χ2v) is 4.19. The Hall–Kier alpha value is -2.30. The minimum atomic E-state index is -0.134. The summed E-state index contributed by atoms with van der Waals surface area (Å²) in [6.45, 7) is 2.43. The highest BCUT2D eigenvalue weighted by Gasteiger charge is 2.08. The number of aryl methyl sites for hydroxylation is 1. The number of nitrogens with one attached hydrogen (secondary N) is 1. The Kier molecular flexibility index (Phi) is 3.32. The van der Waals surface area contributed by atoms with E-state index in [1.165, 1.54) is 0 Å². The number of rotatable bonds is 3. The summed E-state index contributed by atoms with van der Waals surface area (Å²) in [6.07, 6.45) is 1.76. The molecular weight excluding hydrogens is 228 g/mol. The Labute approximate surface area is 106 Å². The van der Waals surface area contributed by atoms with Gasteiger partial charge in [0.1, 0.15) is 0 Å². The second kappa shape index (κ2) is 4.91. The van der Waals surface area contributed by atoms with Crippen molar-refractivity contribution in [1.29, 1.82) is 0 Å². The van der Waals surface area contributed by atoms with Crippen molar-refractivity contribution < 1.29 is 4.79 Å². The Morgan fingerprint density at radius 1 is 1.50 bits per heavy atom. The molecule has 1 aromatic carbocycles. The van der Waals surface area contributed by atoms with Crippen LogP contribution in [0.3, 0.4) is 0 Å². The van der Waals surface area contributed by atoms with E-state index in [2.05, 4.69) is 10.4 Å². The summed E-state index contributed by atoms with van der Waals surface area (Å²) in [6, 6.07) is 6.91. The molecule has 1 amide bonds. The number of nitrogens with two attached hydrogens (primary N) is 1. The van der Waals surface area contributed by atoms with Crippen molar-refractivity contribution in [2.45, 2.75) is 13.5 Å². The van der Waals surface area contributed by atoms with Crippen LogP contribution in [0.4, 0.5) is 5.69 Å². The van der Waals surface area contributed by atoms with Crippen LogP contribution >= 0.6 is 0 Å². The number of anilines is 1. The van der Waals surface area contributed by atoms with Crippen molar-refractivity contribution in [1.82, 2.24) is 15.1 Å². The van der Waals surface area contributed by atoms with Crippen molar-refractivity contribution in [2.24, 2.45) is 7.05 Å². The smallest absolute Gasteiger partial charge is 0.251 e. The van der Waals surface area contributed by atoms with Gasteiger partial charge in [0.15, 0.2) is 0 Å². The summed E-state index contributed by atoms with van der Waals surface area (Å²) >= 11 is 0. The van der Waals surface area contributed by atoms with Gasteiger partial charge < -0.3 is 11.1 Å². The van der Waals surface area contributed by atoms with Gasteiger partial charge >= 0.3 is 0 Å². The molecule has 0 bridgehead atoms. The van der Waals surface area contributed by atoms with Gasteiger partial charge in [-0.3, -0.25) is 9.48 Å². The molecule has 94 valence electrons. The van der Waals surface area contributed by atoms with Gasteiger partial charge in [-0.1, -0.05) is 6.07 Å². The topological polar surface area (TPSA) is 72.9 Å². The number of amides is 1. The van der Waals surface area contributed by atoms with Crippen LogP contribution in [0, 0.1) is 6.92 Å². The molecule has 0 fully saturated rings. The summed E-state index contributed by atoms with van der Waals surface area (Å²) in [4.78, 5) is 11.9. The monoisotopic (exact) mass is 244 g/mol. The number of nitrogens with zero attached hydrogens (tertiary/aromatic N) is 2. The Morgan fingerprint density at radius 3 is 2.89 bits per heavy atom. The van der Waals surface area contributed by atoms with E-state index in [1.54, 1.807) is 35.1 Å². The zero-order chi connectivity index (χ0) is 13.1. The van der Waals surface area contributed by atoms with E-state index in [0.717, 1.165) is 11.3 Å². The first kappa shape index (κ1) is 12.2. The van der Waals surface area contributed by atoms with Crippen LogP contribution in [0.15, 0.2) is 30.5 Å². The standard InChI is InChI=1S/C13H16N4O/c1-9-11(8-16-17(9)2)7-15-13(18)10-4-3-5-12(14)6-10/h3-6,8H,7,14H2,1-2H3,(H,15,18). The molecule has 0 unspecified atom stereocenters. The third-order valence-electron chi connectivity index (χ3n) is 2.93. The second-order valence-electron chi connectivity index (χ2n) is 4.19. The van der Waals surface area contributed by atoms with E-state index in [0.29, 0.717) is 17.8 Å². The molecule has 0 saturated heterocycles. The van der Waals surface area contributed by atoms with Gasteiger partial charge in [-0.05, 0) is 25.1 Å². The first-order chi connectivity index (χ1) is 8.58. The average Bonchev–Trinajstić information content (AvgIpc) is 2.67. The zero-order valence-corrected chi connectivity index (χ0v) is 10.5. The van der Waals surface area contributed by atoms with Crippen molar-refractivity contribution in [2.75, 3.05) is 5.73 Å². The summed E-state index contributed by atoms with van der Waals surface area (Å²) in [5.74, 6) is -0.134. The molecule has 1 heterocycles. The van der Waals surface area contributed by atoms with Crippen molar-refractivity contribution in [3.63, 3.8) is 0 Å². The SMILES string of the molecule is Cc1c(CNC(=O)c2cccc(N)c2)cnn1C. The van der Waals surface area contributed by atoms with E-state index in [-0.39, 0.29) is 5.91 Å². The fourth-order valence-corrected chi connectivity index (χ4v) is 1.68. The molecule has 0 spiro atoms. The van der Waals surface area contributed by atoms with Crippen molar-refractivity contribution in [3.8, 4) is 0 Å². The largest absolute Gasteiger partial charge is 0.399 e. The molecule has 3 N–H and O–H groups in total. The minimum absolute atomic E-state index is 0.134. The number of aromatic nitrogens is 2. The summed E-state index contributed by atoms with van der Waals surface area (Å²) in [5.41, 5.74) is 8.84. The number of hydrogen-bond donors (Lipinski definition) is 2. The van der Waals surface area contributed by atoms with E-state index in [9.17, 15) is 4.79 Å². The van der Waals surface area contributed by atoms with Gasteiger partial charge in [-0.25, -0.2) is 0 Å². The first-order valence-electron chi connectivity index (χ1n) is 5.69. The zero-order valence-electron chi connectivity index (χ0n) is 10.5. The third kappa shape index (κ3) is 2.51. The maximum absolute atomic E-state index is 11.9. The number of nitrogen functional groups attached to an aromatic ring is 1. The van der Waals surface area contributed by atoms with Crippen LogP contribution < -0.4 is 11.1 Å². The number of carbonyl (C=O) groups is 1. The van der Waals surface area contributed by atoms with Crippen LogP contribution in [0.1, 0.15) is 21.6 Å². The first-order valence-corrected chi connectivity index (χ1v) is 5.69. The predicted molar refractivity (Wildman–Crippen MR) is 70.0 cm³/mol. The number of benzene rings is 1. The van der Waals surface area contributed by atoms with Gasteiger partial charge in [0.2, 0.25) is 0 Å². The van der Waals surface area contributed by atoms with Crippen LogP contribution in [0.25, 0.3) is 0 Å². The molecule has 0 atom stereocenters. The van der Waals surface area contributed by atoms with Gasteiger partial charge in [0.05, 0.1) is 6.20 Å². The Morgan fingerprint density at radius 2 is 2.28 bits per heavy atom. The fraction of sp³-hybridized carbons (Fsp3) is 0.231. The normalized spacial score (nSPS) is 10.3. The van der Waals surface area contributed by atoms with Gasteiger partial charge in [-0.2, -0.15) is 5.10 Å². The quantitative estimate of drug-likeness (QED) is 0.798. The minimum Gasteiger partial charge on any atom is -0.399 e. The highest BCUT2D eigenvalue weighted by atomic mass is 16.1. The molecule has 0 saturated carbocycles. The van der Waals surface area contributed by atoms with Crippen LogP contribution in [0.5, 0.6) is 0 Å². The lowest BCUT2D eigenvalue weighted by atomic mass is 10.2. The van der Waals surface area contributed by atoms with Gasteiger partial charge in [0.25, 0.3) is 5.91 Å². The lowest BCUT2D eigenvalue weighted by molar-refractivity contribution is 0.0951. The molecule has 0 aliphatic rings. The van der Waals surface area contributed by atoms with Gasteiger partial charge in [-0.15, -0.1) is 0 Å². The number of hydrogen-bond acceptors (Lipinski definition) is 3. The molecule has 2 aromatic rings. The highest BCUT2D eigenvalue weighted by Crippen LogP contribution is 2.08. The maximum Gasteiger partial charge on any atom is 0.251 e. The summed E-state index contributed by atoms with van der Waals surface area (Å²) in [5, 5.41) is 6.98. The van der Waals surface area contributed by atoms with E-state index >= 15 is 0 Å². The highest BCUT2D eigenvalue weighted by molar-refractivity contribution is 5.94. The van der Waals surface area contributed by atoms with Crippen molar-refractivity contribution in [3.05, 3.63) is 47.3 Å². The van der Waals surface area contributed by atoms with E-state index in [4.69, 9.17) is 5.73 Å². The van der Waals surface area contributed by atoms with Crippen molar-refractivity contribution >= 4 is 11.6 Å². The Bertz CT molecular complexity index is 574. The van der Waals surface area contributed by atoms with Crippen LogP contribution in [0.2, 0.25) is 0 Å². The lowest BCUT2D eigenvalue weighted by Crippen LogP contribution is -2.23. The molecule has 0 radical (unpaired) electrons. The van der Waals surface area contributed by atoms with Crippen LogP contribution in [-0.2, 0) is 13.6 Å². The molecular formula is C13H16N4O.